The summed E-state index contributed by atoms with van der Waals surface area (Å²) in [4.78, 5) is 8.46. The van der Waals surface area contributed by atoms with Crippen LogP contribution in [0, 0.1) is 0 Å². The molecule has 0 bridgehead atoms. The number of rotatable bonds is 8. The summed E-state index contributed by atoms with van der Waals surface area (Å²) in [7, 11) is 0. The van der Waals surface area contributed by atoms with E-state index in [1.165, 1.54) is 0 Å². The van der Waals surface area contributed by atoms with Gasteiger partial charge in [0.25, 0.3) is 0 Å². The molecule has 0 atom stereocenters. The van der Waals surface area contributed by atoms with E-state index in [0.29, 0.717) is 37.3 Å². The number of para-hydroxylation sites is 2. The van der Waals surface area contributed by atoms with Crippen molar-refractivity contribution < 1.29 is 27.3 Å². The first kappa shape index (κ1) is 19.9. The second-order valence-corrected chi connectivity index (χ2v) is 4.86. The van der Waals surface area contributed by atoms with Crippen molar-refractivity contribution in [1.29, 1.82) is 0 Å². The summed E-state index contributed by atoms with van der Waals surface area (Å²) in [6.07, 6.45) is 3.31. The van der Waals surface area contributed by atoms with Gasteiger partial charge < -0.3 is 15.5 Å². The van der Waals surface area contributed by atoms with E-state index >= 15 is 0 Å². The smallest absolute Gasteiger partial charge is 0.659 e. The van der Waals surface area contributed by atoms with Crippen molar-refractivity contribution in [2.24, 2.45) is 9.98 Å². The average Bonchev–Trinajstić information content (AvgIpc) is 2.56. The summed E-state index contributed by atoms with van der Waals surface area (Å²) >= 11 is 0. The van der Waals surface area contributed by atoms with E-state index in [9.17, 15) is 10.2 Å². The second-order valence-electron chi connectivity index (χ2n) is 4.86. The minimum Gasteiger partial charge on any atom is -0.659 e. The largest absolute Gasteiger partial charge is 1.00 e. The van der Waals surface area contributed by atoms with Gasteiger partial charge in [-0.25, -0.2) is 0 Å². The molecule has 130 valence electrons. The van der Waals surface area contributed by atoms with E-state index in [1.54, 1.807) is 36.7 Å². The number of benzene rings is 2. The Kier molecular flexibility index (Phi) is 9.46. The van der Waals surface area contributed by atoms with Gasteiger partial charge in [0.05, 0.1) is 0 Å². The Labute approximate surface area is 152 Å². The van der Waals surface area contributed by atoms with Crippen LogP contribution in [0.3, 0.4) is 0 Å². The molecule has 2 aromatic carbocycles. The minimum atomic E-state index is 0. The van der Waals surface area contributed by atoms with Crippen molar-refractivity contribution >= 4 is 12.4 Å². The van der Waals surface area contributed by atoms with Crippen LogP contribution in [-0.4, -0.2) is 48.8 Å². The Morgan fingerprint density at radius 2 is 1.17 bits per heavy atom. The van der Waals surface area contributed by atoms with Crippen LogP contribution in [0.2, 0.25) is 0 Å². The van der Waals surface area contributed by atoms with Gasteiger partial charge in [-0.3, -0.25) is 9.98 Å². The van der Waals surface area contributed by atoms with Gasteiger partial charge in [-0.15, -0.1) is 13.1 Å². The Morgan fingerprint density at radius 3 is 1.58 bits per heavy atom. The fourth-order valence-corrected chi connectivity index (χ4v) is 1.89. The molecule has 0 spiro atoms. The van der Waals surface area contributed by atoms with Crippen LogP contribution >= 0.6 is 0 Å². The number of aromatic hydroxyl groups is 2. The standard InChI is InChI=1S/C18H20N3O2.Cu/c22-17-7-3-1-5-15(17)13-20-11-9-19-10-12-21-14-16-6-2-4-8-18(16)23;/h1-8,13-14,22-23H,9-12H2;/q-1;+1. The molecular weight excluding hydrogens is 354 g/mol. The number of phenols is 2. The number of hydrogen-bond donors (Lipinski definition) is 2. The molecule has 0 amide bonds. The molecule has 2 rings (SSSR count). The molecule has 0 aliphatic carbocycles. The van der Waals surface area contributed by atoms with Crippen LogP contribution in [0.1, 0.15) is 11.1 Å². The molecule has 24 heavy (non-hydrogen) atoms. The molecule has 5 nitrogen and oxygen atoms in total. The quantitative estimate of drug-likeness (QED) is 0.423. The third-order valence-corrected chi connectivity index (χ3v) is 3.11. The third-order valence-electron chi connectivity index (χ3n) is 3.11. The predicted octanol–water partition coefficient (Wildman–Crippen LogP) is 3.01. The first-order valence-corrected chi connectivity index (χ1v) is 7.46. The summed E-state index contributed by atoms with van der Waals surface area (Å²) < 4.78 is 0. The van der Waals surface area contributed by atoms with Gasteiger partial charge in [0.15, 0.2) is 0 Å². The molecule has 0 aliphatic heterocycles. The van der Waals surface area contributed by atoms with E-state index in [0.717, 1.165) is 0 Å². The van der Waals surface area contributed by atoms with Crippen LogP contribution in [-0.2, 0) is 17.1 Å². The summed E-state index contributed by atoms with van der Waals surface area (Å²) in [6.45, 7) is 2.40. The van der Waals surface area contributed by atoms with Gasteiger partial charge in [-0.05, 0) is 24.3 Å². The van der Waals surface area contributed by atoms with Crippen molar-refractivity contribution in [3.63, 3.8) is 0 Å². The molecular formula is C18H20CuN3O2. The zero-order valence-electron chi connectivity index (χ0n) is 13.1. The van der Waals surface area contributed by atoms with Crippen LogP contribution in [0.4, 0.5) is 0 Å². The molecule has 0 saturated heterocycles. The zero-order valence-corrected chi connectivity index (χ0v) is 14.1. The van der Waals surface area contributed by atoms with E-state index in [-0.39, 0.29) is 28.6 Å². The first-order valence-electron chi connectivity index (χ1n) is 7.46. The van der Waals surface area contributed by atoms with Crippen molar-refractivity contribution in [2.75, 3.05) is 26.2 Å². The molecule has 0 aromatic heterocycles. The second kappa shape index (κ2) is 11.4. The molecule has 6 heteroatoms. The van der Waals surface area contributed by atoms with Crippen LogP contribution < -0.4 is 0 Å². The van der Waals surface area contributed by atoms with E-state index in [4.69, 9.17) is 0 Å². The minimum absolute atomic E-state index is 0. The Hall–Kier alpha value is -2.14. The fraction of sp³-hybridized carbons (Fsp3) is 0.222. The predicted molar refractivity (Wildman–Crippen MR) is 94.2 cm³/mol. The van der Waals surface area contributed by atoms with Gasteiger partial charge in [-0.1, -0.05) is 24.3 Å². The van der Waals surface area contributed by atoms with E-state index < -0.39 is 0 Å². The zero-order chi connectivity index (χ0) is 16.3. The van der Waals surface area contributed by atoms with Crippen LogP contribution in [0.5, 0.6) is 11.5 Å². The Bertz CT molecular complexity index is 617. The maximum absolute atomic E-state index is 9.58. The molecule has 0 radical (unpaired) electrons. The molecule has 2 aromatic rings. The fourth-order valence-electron chi connectivity index (χ4n) is 1.89. The summed E-state index contributed by atoms with van der Waals surface area (Å²) in [6, 6.07) is 14.1. The maximum atomic E-state index is 9.58. The molecule has 0 aliphatic rings. The van der Waals surface area contributed by atoms with Gasteiger partial charge in [0.1, 0.15) is 11.5 Å². The van der Waals surface area contributed by atoms with Gasteiger partial charge in [-0.2, -0.15) is 0 Å². The molecule has 0 unspecified atom stereocenters. The Balaban J connectivity index is 0.00000288. The summed E-state index contributed by atoms with van der Waals surface area (Å²) in [5.74, 6) is 0.457. The Morgan fingerprint density at radius 1 is 0.750 bits per heavy atom. The topological polar surface area (TPSA) is 79.3 Å². The third kappa shape index (κ3) is 6.96. The van der Waals surface area contributed by atoms with Crippen LogP contribution in [0.25, 0.3) is 5.32 Å². The SMILES string of the molecule is Oc1ccccc1C=NCC[N-]CCN=Cc1ccccc1O.[Cu+]. The molecule has 0 saturated carbocycles. The average molecular weight is 374 g/mol. The monoisotopic (exact) mass is 373 g/mol. The normalized spacial score (nSPS) is 11.0. The van der Waals surface area contributed by atoms with Crippen LogP contribution in [0.15, 0.2) is 58.5 Å². The van der Waals surface area contributed by atoms with Crippen molar-refractivity contribution in [1.82, 2.24) is 0 Å². The molecule has 0 fully saturated rings. The van der Waals surface area contributed by atoms with Gasteiger partial charge in [0.2, 0.25) is 0 Å². The number of aliphatic imine (C=N–C) groups is 2. The molecule has 2 N–H and O–H groups in total. The number of nitrogens with zero attached hydrogens (tertiary/aromatic N) is 3. The first-order chi connectivity index (χ1) is 11.3. The number of phenolic OH excluding ortho intramolecular Hbond substituents is 2. The van der Waals surface area contributed by atoms with Gasteiger partial charge >= 0.3 is 17.1 Å². The van der Waals surface area contributed by atoms with Crippen molar-refractivity contribution in [3.05, 3.63) is 65.0 Å². The molecule has 0 heterocycles. The number of hydrogen-bond acceptors (Lipinski definition) is 4. The summed E-state index contributed by atoms with van der Waals surface area (Å²) in [5.41, 5.74) is 1.42. The van der Waals surface area contributed by atoms with Crippen molar-refractivity contribution in [2.45, 2.75) is 0 Å². The van der Waals surface area contributed by atoms with E-state index in [2.05, 4.69) is 15.3 Å². The van der Waals surface area contributed by atoms with Gasteiger partial charge in [0, 0.05) is 36.6 Å². The maximum Gasteiger partial charge on any atom is 1.00 e. The van der Waals surface area contributed by atoms with Crippen molar-refractivity contribution in [3.8, 4) is 11.5 Å². The van der Waals surface area contributed by atoms with E-state index in [1.807, 2.05) is 24.3 Å². The summed E-state index contributed by atoms with van der Waals surface area (Å²) in [5, 5.41) is 23.5.